The number of aryl methyl sites for hydroxylation is 1. The second-order valence-corrected chi connectivity index (χ2v) is 7.57. The lowest BCUT2D eigenvalue weighted by Crippen LogP contribution is -2.24. The largest absolute Gasteiger partial charge is 0.494 e. The predicted molar refractivity (Wildman–Crippen MR) is 112 cm³/mol. The van der Waals surface area contributed by atoms with E-state index in [2.05, 4.69) is 23.5 Å². The number of thiophene rings is 1. The maximum absolute atomic E-state index is 12.3. The molecule has 1 amide bonds. The highest BCUT2D eigenvalue weighted by Crippen LogP contribution is 2.26. The summed E-state index contributed by atoms with van der Waals surface area (Å²) in [6, 6.07) is 15.2. The molecule has 0 bridgehead atoms. The lowest BCUT2D eigenvalue weighted by atomic mass is 10.2. The van der Waals surface area contributed by atoms with Crippen molar-refractivity contribution in [3.05, 3.63) is 64.5 Å². The van der Waals surface area contributed by atoms with E-state index in [-0.39, 0.29) is 10.9 Å². The zero-order valence-corrected chi connectivity index (χ0v) is 16.5. The molecule has 0 saturated heterocycles. The molecular weight excluding hydrogens is 380 g/mol. The van der Waals surface area contributed by atoms with Gasteiger partial charge in [-0.25, -0.2) is 0 Å². The Morgan fingerprint density at radius 3 is 2.70 bits per heavy atom. The van der Waals surface area contributed by atoms with Crippen LogP contribution in [0.25, 0.3) is 10.1 Å². The Bertz CT molecular complexity index is 952. The number of hydrogen-bond acceptors (Lipinski definition) is 5. The minimum Gasteiger partial charge on any atom is -0.494 e. The Morgan fingerprint density at radius 1 is 1.19 bits per heavy atom. The fourth-order valence-electron chi connectivity index (χ4n) is 2.59. The number of fused-ring (bicyclic) bond motifs is 1. The topological polar surface area (TPSA) is 70.6 Å². The molecule has 3 N–H and O–H groups in total. The van der Waals surface area contributed by atoms with Crippen LogP contribution >= 0.6 is 23.6 Å². The molecule has 2 aromatic carbocycles. The number of benzene rings is 2. The summed E-state index contributed by atoms with van der Waals surface area (Å²) in [4.78, 5) is 13.3. The predicted octanol–water partition coefficient (Wildman–Crippen LogP) is 4.06. The van der Waals surface area contributed by atoms with Crippen LogP contribution in [0.3, 0.4) is 0 Å². The highest BCUT2D eigenvalue weighted by Gasteiger charge is 2.09. The van der Waals surface area contributed by atoms with Crippen LogP contribution in [0.4, 0.5) is 0 Å². The minimum absolute atomic E-state index is 0.0526. The van der Waals surface area contributed by atoms with Gasteiger partial charge in [0.15, 0.2) is 0 Å². The molecule has 0 fully saturated rings. The van der Waals surface area contributed by atoms with Gasteiger partial charge in [-0.1, -0.05) is 29.9 Å². The van der Waals surface area contributed by atoms with Gasteiger partial charge in [0.1, 0.15) is 10.7 Å². The molecule has 0 unspecified atom stereocenters. The smallest absolute Gasteiger partial charge is 0.261 e. The fourth-order valence-corrected chi connectivity index (χ4v) is 3.69. The van der Waals surface area contributed by atoms with E-state index in [1.165, 1.54) is 16.9 Å². The second-order valence-electron chi connectivity index (χ2n) is 6.08. The first-order chi connectivity index (χ1) is 13.1. The molecule has 0 atom stereocenters. The van der Waals surface area contributed by atoms with E-state index >= 15 is 0 Å². The van der Waals surface area contributed by atoms with E-state index < -0.39 is 0 Å². The summed E-state index contributed by atoms with van der Waals surface area (Å²) in [6.07, 6.45) is 0.702. The van der Waals surface area contributed by atoms with Crippen molar-refractivity contribution in [2.45, 2.75) is 13.3 Å². The lowest BCUT2D eigenvalue weighted by molar-refractivity contribution is 0.0955. The van der Waals surface area contributed by atoms with E-state index in [4.69, 9.17) is 22.2 Å². The second kappa shape index (κ2) is 8.94. The molecule has 0 aliphatic heterocycles. The maximum Gasteiger partial charge on any atom is 0.261 e. The molecule has 3 rings (SSSR count). The number of nitrogens with one attached hydrogen (secondary N) is 2. The highest BCUT2D eigenvalue weighted by molar-refractivity contribution is 7.80. The molecule has 0 radical (unpaired) electrons. The zero-order chi connectivity index (χ0) is 19.2. The monoisotopic (exact) mass is 400 g/mol. The van der Waals surface area contributed by atoms with Crippen LogP contribution in [0.5, 0.6) is 5.75 Å². The number of thiocarbonyl (C=S) groups is 1. The van der Waals surface area contributed by atoms with E-state index in [9.17, 15) is 4.79 Å². The molecule has 0 aliphatic rings. The van der Waals surface area contributed by atoms with Crippen molar-refractivity contribution in [3.8, 4) is 5.75 Å². The van der Waals surface area contributed by atoms with Gasteiger partial charge in [-0.05, 0) is 55.1 Å². The Labute approximate surface area is 166 Å². The maximum atomic E-state index is 12.3. The van der Waals surface area contributed by atoms with Crippen molar-refractivity contribution in [3.63, 3.8) is 0 Å². The van der Waals surface area contributed by atoms with E-state index in [1.807, 2.05) is 18.5 Å². The van der Waals surface area contributed by atoms with Crippen LogP contribution in [-0.4, -0.2) is 29.3 Å². The van der Waals surface area contributed by atoms with Gasteiger partial charge >= 0.3 is 0 Å². The number of rotatable bonds is 7. The molecule has 140 valence electrons. The quantitative estimate of drug-likeness (QED) is 0.317. The van der Waals surface area contributed by atoms with Crippen LogP contribution in [0.15, 0.2) is 48.5 Å². The summed E-state index contributed by atoms with van der Waals surface area (Å²) in [5.74, 6) is 0.661. The van der Waals surface area contributed by atoms with Crippen LogP contribution in [0.1, 0.15) is 27.2 Å². The van der Waals surface area contributed by atoms with Crippen LogP contribution in [0, 0.1) is 6.92 Å². The lowest BCUT2D eigenvalue weighted by Gasteiger charge is -2.08. The van der Waals surface area contributed by atoms with Gasteiger partial charge in [0.05, 0.1) is 11.5 Å². The first-order valence-electron chi connectivity index (χ1n) is 8.52. The normalized spacial score (nSPS) is 10.6. The number of ether oxygens (including phenoxy) is 1. The summed E-state index contributed by atoms with van der Waals surface area (Å²) in [5.41, 5.74) is 3.85. The van der Waals surface area contributed by atoms with Crippen LogP contribution in [-0.2, 0) is 0 Å². The van der Waals surface area contributed by atoms with Crippen LogP contribution < -0.4 is 15.5 Å². The van der Waals surface area contributed by atoms with Gasteiger partial charge in [0.25, 0.3) is 5.91 Å². The molecular formula is C20H20N2O3S2. The Balaban J connectivity index is 1.43. The summed E-state index contributed by atoms with van der Waals surface area (Å²) in [5, 5.41) is 12.8. The van der Waals surface area contributed by atoms with Gasteiger partial charge in [-0.15, -0.1) is 11.3 Å². The first kappa shape index (κ1) is 19.3. The Morgan fingerprint density at radius 2 is 1.96 bits per heavy atom. The SMILES string of the molecule is Cc1ccc2sc(C(=O)NCCCOc3ccc(C(=S)NO)cc3)cc2c1. The zero-order valence-electron chi connectivity index (χ0n) is 14.8. The summed E-state index contributed by atoms with van der Waals surface area (Å²) >= 11 is 6.44. The summed E-state index contributed by atoms with van der Waals surface area (Å²) in [7, 11) is 0. The molecule has 0 aliphatic carbocycles. The average Bonchev–Trinajstić information content (AvgIpc) is 3.10. The van der Waals surface area contributed by atoms with Gasteiger partial charge in [-0.2, -0.15) is 0 Å². The van der Waals surface area contributed by atoms with Crippen molar-refractivity contribution in [2.75, 3.05) is 13.2 Å². The molecule has 27 heavy (non-hydrogen) atoms. The fraction of sp³-hybridized carbons (Fsp3) is 0.200. The number of carbonyl (C=O) groups is 1. The Hall–Kier alpha value is -2.48. The average molecular weight is 401 g/mol. The number of hydroxylamine groups is 1. The Kier molecular flexibility index (Phi) is 6.39. The van der Waals surface area contributed by atoms with Crippen molar-refractivity contribution >= 4 is 44.5 Å². The van der Waals surface area contributed by atoms with Crippen molar-refractivity contribution in [1.29, 1.82) is 0 Å². The standard InChI is InChI=1S/C20H20N2O3S2/c1-13-3-8-17-15(11-13)12-18(27-17)19(23)21-9-2-10-25-16-6-4-14(5-7-16)20(26)22-24/h3-8,11-12,24H,2,9-10H2,1H3,(H,21,23)(H,22,26). The molecule has 0 saturated carbocycles. The van der Waals surface area contributed by atoms with E-state index in [0.29, 0.717) is 30.9 Å². The first-order valence-corrected chi connectivity index (χ1v) is 9.75. The summed E-state index contributed by atoms with van der Waals surface area (Å²) < 4.78 is 6.77. The molecule has 7 heteroatoms. The third kappa shape index (κ3) is 5.03. The molecule has 3 aromatic rings. The number of amides is 1. The molecule has 1 heterocycles. The van der Waals surface area contributed by atoms with E-state index in [0.717, 1.165) is 15.0 Å². The number of hydrogen-bond donors (Lipinski definition) is 3. The van der Waals surface area contributed by atoms with Crippen molar-refractivity contribution in [1.82, 2.24) is 10.8 Å². The minimum atomic E-state index is -0.0526. The van der Waals surface area contributed by atoms with Crippen molar-refractivity contribution < 1.29 is 14.7 Å². The van der Waals surface area contributed by atoms with Gasteiger partial charge in [0, 0.05) is 16.8 Å². The molecule has 1 aromatic heterocycles. The van der Waals surface area contributed by atoms with Crippen molar-refractivity contribution in [2.24, 2.45) is 0 Å². The number of carbonyl (C=O) groups excluding carboxylic acids is 1. The highest BCUT2D eigenvalue weighted by atomic mass is 32.1. The third-order valence-corrected chi connectivity index (χ3v) is 5.43. The third-order valence-electron chi connectivity index (χ3n) is 3.99. The van der Waals surface area contributed by atoms with Gasteiger partial charge < -0.3 is 10.1 Å². The molecule has 0 spiro atoms. The van der Waals surface area contributed by atoms with Gasteiger partial charge in [0.2, 0.25) is 0 Å². The van der Waals surface area contributed by atoms with E-state index in [1.54, 1.807) is 24.3 Å². The van der Waals surface area contributed by atoms with Crippen LogP contribution in [0.2, 0.25) is 0 Å². The van der Waals surface area contributed by atoms with Gasteiger partial charge in [-0.3, -0.25) is 15.5 Å². The summed E-state index contributed by atoms with van der Waals surface area (Å²) in [6.45, 7) is 3.08. The molecule has 5 nitrogen and oxygen atoms in total.